The first-order valence-electron chi connectivity index (χ1n) is 12.1. The van der Waals surface area contributed by atoms with E-state index in [1.807, 2.05) is 49.6 Å². The molecule has 0 radical (unpaired) electrons. The highest BCUT2D eigenvalue weighted by Crippen LogP contribution is 2.28. The van der Waals surface area contributed by atoms with Crippen LogP contribution in [0.3, 0.4) is 0 Å². The molecule has 0 spiro atoms. The van der Waals surface area contributed by atoms with Crippen LogP contribution in [-0.2, 0) is 0 Å². The molecule has 1 aliphatic heterocycles. The Kier molecular flexibility index (Phi) is 10.2. The largest absolute Gasteiger partial charge is 0.465 e. The van der Waals surface area contributed by atoms with Crippen LogP contribution in [0, 0.1) is 17.2 Å². The fourth-order valence-electron chi connectivity index (χ4n) is 4.13. The smallest absolute Gasteiger partial charge is 0.429 e. The molecule has 1 saturated carbocycles. The van der Waals surface area contributed by atoms with Crippen molar-refractivity contribution in [2.24, 2.45) is 21.8 Å². The first-order valence-corrected chi connectivity index (χ1v) is 12.1. The second-order valence-electron chi connectivity index (χ2n) is 9.24. The minimum atomic E-state index is -4.95. The lowest BCUT2D eigenvalue weighted by Gasteiger charge is -2.30. The number of allylic oxidation sites excluding steroid dienone is 2. The standard InChI is InChI=1S/C26H33F3N4O4/c1-16-5-10-22(32-13-16)37-20-4-2-3-18(12-20)11-17-6-8-19(9-7-17)33-25(36)21(14-31-15-23(34)35)24(30)26(27,28)29/h2-5,10-14,16,19,21-23,25,30,33-36H,6-9,15H2,1H3. The van der Waals surface area contributed by atoms with Gasteiger partial charge in [-0.05, 0) is 49.5 Å². The maximum Gasteiger partial charge on any atom is 0.429 e. The summed E-state index contributed by atoms with van der Waals surface area (Å²) >= 11 is 0. The van der Waals surface area contributed by atoms with E-state index in [1.165, 1.54) is 5.57 Å². The summed E-state index contributed by atoms with van der Waals surface area (Å²) < 4.78 is 45.2. The highest BCUT2D eigenvalue weighted by Gasteiger charge is 2.42. The Morgan fingerprint density at radius 3 is 2.59 bits per heavy atom. The minimum absolute atomic E-state index is 0.250. The van der Waals surface area contributed by atoms with Crippen LogP contribution in [0.2, 0.25) is 0 Å². The molecule has 8 nitrogen and oxygen atoms in total. The average Bonchev–Trinajstić information content (AvgIpc) is 2.83. The number of halogens is 3. The fourth-order valence-corrected chi connectivity index (χ4v) is 4.13. The minimum Gasteiger partial charge on any atom is -0.465 e. The van der Waals surface area contributed by atoms with E-state index in [1.54, 1.807) is 0 Å². The Morgan fingerprint density at radius 2 is 1.97 bits per heavy atom. The van der Waals surface area contributed by atoms with Crippen molar-refractivity contribution in [2.45, 2.75) is 63.6 Å². The molecule has 1 heterocycles. The van der Waals surface area contributed by atoms with Gasteiger partial charge in [-0.2, -0.15) is 13.2 Å². The van der Waals surface area contributed by atoms with Crippen LogP contribution < -0.4 is 10.1 Å². The zero-order valence-corrected chi connectivity index (χ0v) is 20.5. The summed E-state index contributed by atoms with van der Waals surface area (Å²) in [4.78, 5) is 7.89. The third-order valence-corrected chi connectivity index (χ3v) is 6.08. The van der Waals surface area contributed by atoms with Crippen molar-refractivity contribution in [1.82, 2.24) is 5.32 Å². The van der Waals surface area contributed by atoms with Crippen molar-refractivity contribution in [3.05, 3.63) is 47.6 Å². The van der Waals surface area contributed by atoms with Gasteiger partial charge in [0.2, 0.25) is 6.23 Å². The number of nitrogens with zero attached hydrogens (tertiary/aromatic N) is 2. The van der Waals surface area contributed by atoms with Crippen LogP contribution in [0.1, 0.15) is 38.2 Å². The molecule has 1 fully saturated rings. The lowest BCUT2D eigenvalue weighted by atomic mass is 9.89. The number of alkyl halides is 3. The maximum atomic E-state index is 13.1. The summed E-state index contributed by atoms with van der Waals surface area (Å²) in [5.74, 6) is -0.787. The third kappa shape index (κ3) is 9.19. The zero-order chi connectivity index (χ0) is 27.0. The normalized spacial score (nSPS) is 23.9. The molecule has 5 N–H and O–H groups in total. The number of aliphatic imine (C=N–C) groups is 2. The Balaban J connectivity index is 1.56. The predicted octanol–water partition coefficient (Wildman–Crippen LogP) is 3.48. The molecule has 0 bridgehead atoms. The molecule has 1 aromatic rings. The van der Waals surface area contributed by atoms with Crippen molar-refractivity contribution in [2.75, 3.05) is 6.54 Å². The number of ether oxygens (including phenoxy) is 1. The molecule has 3 rings (SSSR count). The molecule has 1 aliphatic carbocycles. The topological polar surface area (TPSA) is 131 Å². The Bertz CT molecular complexity index is 1010. The van der Waals surface area contributed by atoms with E-state index in [-0.39, 0.29) is 18.2 Å². The van der Waals surface area contributed by atoms with E-state index in [0.717, 1.165) is 11.8 Å². The molecular weight excluding hydrogens is 489 g/mol. The highest BCUT2D eigenvalue weighted by molar-refractivity contribution is 6.00. The van der Waals surface area contributed by atoms with Gasteiger partial charge < -0.3 is 20.1 Å². The number of hydrogen-bond donors (Lipinski definition) is 5. The number of nitrogens with one attached hydrogen (secondary N) is 2. The fraction of sp³-hybridized carbons (Fsp3) is 0.500. The van der Waals surface area contributed by atoms with Gasteiger partial charge in [0.05, 0.1) is 12.5 Å². The summed E-state index contributed by atoms with van der Waals surface area (Å²) in [6.07, 6.45) is 2.34. The maximum absolute atomic E-state index is 13.1. The Hall–Kier alpha value is -2.86. The van der Waals surface area contributed by atoms with Gasteiger partial charge in [0.15, 0.2) is 6.29 Å². The summed E-state index contributed by atoms with van der Waals surface area (Å²) in [6, 6.07) is 7.41. The van der Waals surface area contributed by atoms with Gasteiger partial charge in [-0.15, -0.1) is 0 Å². The van der Waals surface area contributed by atoms with Crippen molar-refractivity contribution in [3.63, 3.8) is 0 Å². The molecule has 4 unspecified atom stereocenters. The number of rotatable bonds is 10. The average molecular weight is 523 g/mol. The van der Waals surface area contributed by atoms with Crippen LogP contribution in [0.4, 0.5) is 13.2 Å². The van der Waals surface area contributed by atoms with Crippen LogP contribution in [0.15, 0.2) is 52.0 Å². The first kappa shape index (κ1) is 28.7. The van der Waals surface area contributed by atoms with Crippen molar-refractivity contribution < 1.29 is 33.2 Å². The molecule has 37 heavy (non-hydrogen) atoms. The summed E-state index contributed by atoms with van der Waals surface area (Å²) in [7, 11) is 0. The van der Waals surface area contributed by atoms with Crippen LogP contribution in [0.25, 0.3) is 6.08 Å². The molecule has 1 aromatic carbocycles. The van der Waals surface area contributed by atoms with E-state index in [0.29, 0.717) is 31.4 Å². The monoisotopic (exact) mass is 522 g/mol. The van der Waals surface area contributed by atoms with Gasteiger partial charge in [-0.3, -0.25) is 20.7 Å². The zero-order valence-electron chi connectivity index (χ0n) is 20.5. The van der Waals surface area contributed by atoms with Gasteiger partial charge in [0, 0.05) is 24.4 Å². The lowest BCUT2D eigenvalue weighted by molar-refractivity contribution is -0.0659. The third-order valence-electron chi connectivity index (χ3n) is 6.08. The second kappa shape index (κ2) is 13.1. The number of hydrogen-bond acceptors (Lipinski definition) is 8. The molecule has 0 saturated heterocycles. The molecule has 0 amide bonds. The quantitative estimate of drug-likeness (QED) is 0.182. The molecule has 0 aromatic heterocycles. The Labute approximate surface area is 213 Å². The van der Waals surface area contributed by atoms with Gasteiger partial charge >= 0.3 is 6.18 Å². The van der Waals surface area contributed by atoms with Crippen LogP contribution in [0.5, 0.6) is 5.75 Å². The Morgan fingerprint density at radius 1 is 1.24 bits per heavy atom. The lowest BCUT2D eigenvalue weighted by Crippen LogP contribution is -2.49. The van der Waals surface area contributed by atoms with E-state index < -0.39 is 36.9 Å². The molecule has 2 aliphatic rings. The first-order chi connectivity index (χ1) is 17.5. The number of dihydropyridines is 1. The van der Waals surface area contributed by atoms with E-state index in [4.69, 9.17) is 20.4 Å². The SMILES string of the molecule is CC1C=CC(Oc2cccc(C=C3CCC(NC(O)C(C=NCC(O)O)C(=N)C(F)(F)F)CC3)c2)N=C1. The van der Waals surface area contributed by atoms with E-state index in [9.17, 15) is 18.3 Å². The second-order valence-corrected chi connectivity index (χ2v) is 9.24. The van der Waals surface area contributed by atoms with Gasteiger partial charge in [0.25, 0.3) is 0 Å². The predicted molar refractivity (Wildman–Crippen MR) is 136 cm³/mol. The van der Waals surface area contributed by atoms with E-state index >= 15 is 0 Å². The van der Waals surface area contributed by atoms with Crippen molar-refractivity contribution in [3.8, 4) is 5.75 Å². The summed E-state index contributed by atoms with van der Waals surface area (Å²) in [5, 5.41) is 38.4. The van der Waals surface area contributed by atoms with Crippen molar-refractivity contribution in [1.29, 1.82) is 5.41 Å². The molecule has 202 valence electrons. The molecule has 11 heteroatoms. The van der Waals surface area contributed by atoms with Gasteiger partial charge in [-0.25, -0.2) is 0 Å². The molecule has 4 atom stereocenters. The summed E-state index contributed by atoms with van der Waals surface area (Å²) in [5.41, 5.74) is 0.482. The van der Waals surface area contributed by atoms with Gasteiger partial charge in [0.1, 0.15) is 17.7 Å². The number of benzene rings is 1. The highest BCUT2D eigenvalue weighted by atomic mass is 19.4. The number of aliphatic hydroxyl groups excluding tert-OH is 2. The molecular formula is C26H33F3N4O4. The van der Waals surface area contributed by atoms with Crippen molar-refractivity contribution >= 4 is 24.2 Å². The van der Waals surface area contributed by atoms with Crippen LogP contribution in [-0.4, -0.2) is 71.0 Å². The van der Waals surface area contributed by atoms with Gasteiger partial charge in [-0.1, -0.05) is 36.8 Å². The number of aliphatic hydroxyl groups is 3. The van der Waals surface area contributed by atoms with E-state index in [2.05, 4.69) is 21.4 Å². The summed E-state index contributed by atoms with van der Waals surface area (Å²) in [6.45, 7) is 1.49. The van der Waals surface area contributed by atoms with Crippen LogP contribution >= 0.6 is 0 Å².